The molecule has 0 bridgehead atoms. The van der Waals surface area contributed by atoms with Crippen molar-refractivity contribution < 1.29 is 9.90 Å². The highest BCUT2D eigenvalue weighted by molar-refractivity contribution is 5.76. The zero-order chi connectivity index (χ0) is 16.4. The van der Waals surface area contributed by atoms with E-state index in [1.807, 2.05) is 6.07 Å². The monoisotopic (exact) mass is 314 g/mol. The molecule has 0 unspecified atom stereocenters. The molecular weight excluding hydrogens is 292 g/mol. The van der Waals surface area contributed by atoms with E-state index in [4.69, 9.17) is 4.98 Å². The molecule has 1 saturated heterocycles. The molecule has 1 N–H and O–H groups in total. The van der Waals surface area contributed by atoms with Gasteiger partial charge in [0.05, 0.1) is 29.2 Å². The summed E-state index contributed by atoms with van der Waals surface area (Å²) in [6.45, 7) is 5.54. The van der Waals surface area contributed by atoms with Crippen LogP contribution in [0.2, 0.25) is 0 Å². The summed E-state index contributed by atoms with van der Waals surface area (Å²) in [5.41, 5.74) is 4.40. The van der Waals surface area contributed by atoms with Crippen molar-refractivity contribution in [3.8, 4) is 0 Å². The number of rotatable bonds is 4. The Hall–Kier alpha value is -2.24. The minimum Gasteiger partial charge on any atom is -0.481 e. The van der Waals surface area contributed by atoms with Crippen molar-refractivity contribution in [2.45, 2.75) is 39.5 Å². The molecule has 1 atom stereocenters. The van der Waals surface area contributed by atoms with Crippen molar-refractivity contribution in [3.05, 3.63) is 23.7 Å². The predicted molar refractivity (Wildman–Crippen MR) is 88.7 cm³/mol. The maximum Gasteiger partial charge on any atom is 0.308 e. The molecule has 2 aromatic rings. The summed E-state index contributed by atoms with van der Waals surface area (Å²) in [7, 11) is 0. The number of carboxylic acids is 1. The Bertz CT molecular complexity index is 732. The summed E-state index contributed by atoms with van der Waals surface area (Å²) in [6, 6.07) is 1.98. The van der Waals surface area contributed by atoms with Crippen molar-refractivity contribution in [2.24, 2.45) is 5.92 Å². The van der Waals surface area contributed by atoms with Crippen LogP contribution in [0.25, 0.3) is 11.2 Å². The highest BCUT2D eigenvalue weighted by atomic mass is 16.4. The van der Waals surface area contributed by atoms with Crippen molar-refractivity contribution in [1.82, 2.24) is 15.0 Å². The van der Waals surface area contributed by atoms with Crippen molar-refractivity contribution in [2.75, 3.05) is 18.0 Å². The number of carbonyl (C=O) groups is 1. The molecule has 6 heteroatoms. The SMILES string of the molecule is CCc1nc2cc(N3CCC[C@H](C(=O)O)C3)cnc2nc1CC. The molecule has 1 aliphatic heterocycles. The molecule has 1 aliphatic rings. The first-order chi connectivity index (χ1) is 11.1. The van der Waals surface area contributed by atoms with Crippen molar-refractivity contribution in [3.63, 3.8) is 0 Å². The van der Waals surface area contributed by atoms with Crippen LogP contribution in [0.1, 0.15) is 38.1 Å². The molecule has 122 valence electrons. The summed E-state index contributed by atoms with van der Waals surface area (Å²) >= 11 is 0. The number of hydrogen-bond acceptors (Lipinski definition) is 5. The van der Waals surface area contributed by atoms with Crippen LogP contribution in [0.15, 0.2) is 12.3 Å². The third kappa shape index (κ3) is 3.11. The van der Waals surface area contributed by atoms with E-state index in [2.05, 4.69) is 28.7 Å². The molecule has 0 aromatic carbocycles. The first-order valence-electron chi connectivity index (χ1n) is 8.25. The quantitative estimate of drug-likeness (QED) is 0.934. The molecule has 0 amide bonds. The maximum absolute atomic E-state index is 11.2. The first kappa shape index (κ1) is 15.6. The number of fused-ring (bicyclic) bond motifs is 1. The highest BCUT2D eigenvalue weighted by Gasteiger charge is 2.25. The van der Waals surface area contributed by atoms with E-state index in [-0.39, 0.29) is 5.92 Å². The van der Waals surface area contributed by atoms with E-state index in [1.54, 1.807) is 6.20 Å². The van der Waals surface area contributed by atoms with Crippen LogP contribution >= 0.6 is 0 Å². The van der Waals surface area contributed by atoms with Gasteiger partial charge in [-0.15, -0.1) is 0 Å². The molecule has 23 heavy (non-hydrogen) atoms. The highest BCUT2D eigenvalue weighted by Crippen LogP contribution is 2.25. The summed E-state index contributed by atoms with van der Waals surface area (Å²) in [5, 5.41) is 9.24. The van der Waals surface area contributed by atoms with Crippen LogP contribution in [0, 0.1) is 5.92 Å². The van der Waals surface area contributed by atoms with Gasteiger partial charge in [-0.25, -0.2) is 15.0 Å². The largest absolute Gasteiger partial charge is 0.481 e. The van der Waals surface area contributed by atoms with Gasteiger partial charge in [-0.3, -0.25) is 4.79 Å². The van der Waals surface area contributed by atoms with Crippen LogP contribution < -0.4 is 4.90 Å². The Morgan fingerprint density at radius 1 is 1.30 bits per heavy atom. The molecule has 6 nitrogen and oxygen atoms in total. The van der Waals surface area contributed by atoms with E-state index >= 15 is 0 Å². The Kier molecular flexibility index (Phi) is 4.41. The van der Waals surface area contributed by atoms with Gasteiger partial charge >= 0.3 is 5.97 Å². The van der Waals surface area contributed by atoms with Crippen LogP contribution in [0.4, 0.5) is 5.69 Å². The summed E-state index contributed by atoms with van der Waals surface area (Å²) < 4.78 is 0. The Balaban J connectivity index is 1.94. The molecule has 0 aliphatic carbocycles. The van der Waals surface area contributed by atoms with Gasteiger partial charge in [0.15, 0.2) is 5.65 Å². The second-order valence-electron chi connectivity index (χ2n) is 5.98. The minimum absolute atomic E-state index is 0.306. The van der Waals surface area contributed by atoms with Gasteiger partial charge in [0.2, 0.25) is 0 Å². The summed E-state index contributed by atoms with van der Waals surface area (Å²) in [6.07, 6.45) is 5.11. The first-order valence-corrected chi connectivity index (χ1v) is 8.25. The van der Waals surface area contributed by atoms with Gasteiger partial charge in [-0.05, 0) is 31.7 Å². The smallest absolute Gasteiger partial charge is 0.308 e. The standard InChI is InChI=1S/C17H22N4O2/c1-3-13-14(4-2)20-16-15(19-13)8-12(9-18-16)21-7-5-6-11(10-21)17(22)23/h8-9,11H,3-7,10H2,1-2H3,(H,22,23)/t11-/m0/s1. The molecule has 3 rings (SSSR count). The number of pyridine rings is 1. The number of carboxylic acid groups (broad SMARTS) is 1. The van der Waals surface area contributed by atoms with Crippen LogP contribution in [0.5, 0.6) is 0 Å². The van der Waals surface area contributed by atoms with Crippen LogP contribution in [-0.4, -0.2) is 39.1 Å². The molecule has 1 fully saturated rings. The Morgan fingerprint density at radius 2 is 2.04 bits per heavy atom. The Labute approximate surface area is 135 Å². The van der Waals surface area contributed by atoms with Crippen LogP contribution in [-0.2, 0) is 17.6 Å². The molecule has 0 spiro atoms. The van der Waals surface area contributed by atoms with E-state index in [0.29, 0.717) is 12.2 Å². The number of aliphatic carboxylic acids is 1. The molecule has 2 aromatic heterocycles. The van der Waals surface area contributed by atoms with Gasteiger partial charge in [0.25, 0.3) is 0 Å². The lowest BCUT2D eigenvalue weighted by Gasteiger charge is -2.32. The minimum atomic E-state index is -0.718. The van der Waals surface area contributed by atoms with Crippen molar-refractivity contribution >= 4 is 22.8 Å². The van der Waals surface area contributed by atoms with Crippen molar-refractivity contribution in [1.29, 1.82) is 0 Å². The van der Waals surface area contributed by atoms with Gasteiger partial charge in [-0.2, -0.15) is 0 Å². The van der Waals surface area contributed by atoms with Crippen LogP contribution in [0.3, 0.4) is 0 Å². The number of hydrogen-bond donors (Lipinski definition) is 1. The number of aryl methyl sites for hydroxylation is 2. The zero-order valence-corrected chi connectivity index (χ0v) is 13.6. The van der Waals surface area contributed by atoms with Gasteiger partial charge in [0.1, 0.15) is 5.52 Å². The summed E-state index contributed by atoms with van der Waals surface area (Å²) in [4.78, 5) is 27.1. The van der Waals surface area contributed by atoms with E-state index in [0.717, 1.165) is 54.8 Å². The van der Waals surface area contributed by atoms with Gasteiger partial charge in [-0.1, -0.05) is 13.8 Å². The average Bonchev–Trinajstić information content (AvgIpc) is 2.60. The fraction of sp³-hybridized carbons (Fsp3) is 0.529. The zero-order valence-electron chi connectivity index (χ0n) is 13.6. The summed E-state index contributed by atoms with van der Waals surface area (Å²) in [5.74, 6) is -1.02. The van der Waals surface area contributed by atoms with Gasteiger partial charge in [0, 0.05) is 13.1 Å². The number of piperidine rings is 1. The molecule has 3 heterocycles. The lowest BCUT2D eigenvalue weighted by Crippen LogP contribution is -2.38. The fourth-order valence-corrected chi connectivity index (χ4v) is 3.16. The number of anilines is 1. The molecular formula is C17H22N4O2. The third-order valence-corrected chi connectivity index (χ3v) is 4.47. The number of nitrogens with zero attached hydrogens (tertiary/aromatic N) is 4. The maximum atomic E-state index is 11.2. The fourth-order valence-electron chi connectivity index (χ4n) is 3.16. The average molecular weight is 314 g/mol. The lowest BCUT2D eigenvalue weighted by molar-refractivity contribution is -0.141. The lowest BCUT2D eigenvalue weighted by atomic mass is 9.98. The second kappa shape index (κ2) is 6.48. The second-order valence-corrected chi connectivity index (χ2v) is 5.98. The van der Waals surface area contributed by atoms with E-state index in [1.165, 1.54) is 0 Å². The Morgan fingerprint density at radius 3 is 2.74 bits per heavy atom. The normalized spacial score (nSPS) is 18.3. The topological polar surface area (TPSA) is 79.2 Å². The van der Waals surface area contributed by atoms with E-state index in [9.17, 15) is 9.90 Å². The number of aromatic nitrogens is 3. The molecule has 0 saturated carbocycles. The van der Waals surface area contributed by atoms with Gasteiger partial charge < -0.3 is 10.0 Å². The van der Waals surface area contributed by atoms with E-state index < -0.39 is 5.97 Å². The molecule has 0 radical (unpaired) electrons. The third-order valence-electron chi connectivity index (χ3n) is 4.47. The predicted octanol–water partition coefficient (Wildman–Crippen LogP) is 2.45.